The van der Waals surface area contributed by atoms with Crippen molar-refractivity contribution in [3.63, 3.8) is 0 Å². The van der Waals surface area contributed by atoms with Crippen LogP contribution < -0.4 is 4.90 Å². The zero-order valence-electron chi connectivity index (χ0n) is 35.4. The molecule has 0 aliphatic heterocycles. The van der Waals surface area contributed by atoms with Crippen LogP contribution in [0.2, 0.25) is 0 Å². The molecule has 13 aromatic rings. The molecule has 0 amide bonds. The molecule has 304 valence electrons. The average Bonchev–Trinajstić information content (AvgIpc) is 3.93. The van der Waals surface area contributed by atoms with E-state index in [1.165, 1.54) is 43.5 Å². The van der Waals surface area contributed by atoms with Crippen molar-refractivity contribution in [3.05, 3.63) is 243 Å². The van der Waals surface area contributed by atoms with Gasteiger partial charge in [-0.1, -0.05) is 170 Å². The van der Waals surface area contributed by atoms with Gasteiger partial charge in [0.15, 0.2) is 0 Å². The van der Waals surface area contributed by atoms with Crippen molar-refractivity contribution >= 4 is 82.4 Å². The lowest BCUT2D eigenvalue weighted by Crippen LogP contribution is -2.12. The number of anilines is 3. The largest absolute Gasteiger partial charge is 0.455 e. The third-order valence-corrected chi connectivity index (χ3v) is 13.2. The molecule has 0 atom stereocenters. The maximum absolute atomic E-state index is 6.57. The topological polar surface area (TPSA) is 21.3 Å². The summed E-state index contributed by atoms with van der Waals surface area (Å²) in [7, 11) is 0. The Balaban J connectivity index is 0.966. The summed E-state index contributed by atoms with van der Waals surface area (Å²) in [6, 6.07) is 87.8. The highest BCUT2D eigenvalue weighted by Crippen LogP contribution is 2.46. The predicted molar refractivity (Wildman–Crippen MR) is 274 cm³/mol. The summed E-state index contributed by atoms with van der Waals surface area (Å²) < 4.78 is 8.96. The Morgan fingerprint density at radius 2 is 0.892 bits per heavy atom. The number of hydrogen-bond acceptors (Lipinski definition) is 2. The van der Waals surface area contributed by atoms with Gasteiger partial charge in [0.25, 0.3) is 0 Å². The average molecular weight is 829 g/mol. The van der Waals surface area contributed by atoms with Crippen LogP contribution in [0, 0.1) is 0 Å². The summed E-state index contributed by atoms with van der Waals surface area (Å²) in [6.07, 6.45) is 0. The second kappa shape index (κ2) is 15.0. The van der Waals surface area contributed by atoms with E-state index >= 15 is 0 Å². The molecule has 2 aromatic heterocycles. The van der Waals surface area contributed by atoms with Crippen LogP contribution >= 0.6 is 0 Å². The van der Waals surface area contributed by atoms with Crippen LogP contribution in [0.1, 0.15) is 0 Å². The normalized spacial score (nSPS) is 11.7. The van der Waals surface area contributed by atoms with E-state index in [0.717, 1.165) is 77.9 Å². The fourth-order valence-electron chi connectivity index (χ4n) is 10.1. The monoisotopic (exact) mass is 828 g/mol. The van der Waals surface area contributed by atoms with Crippen molar-refractivity contribution in [2.24, 2.45) is 0 Å². The molecule has 0 aliphatic rings. The van der Waals surface area contributed by atoms with Gasteiger partial charge < -0.3 is 13.9 Å². The Bertz CT molecular complexity index is 3910. The number of rotatable bonds is 7. The molecule has 0 bridgehead atoms. The molecular weight excluding hydrogens is 789 g/mol. The Labute approximate surface area is 376 Å². The van der Waals surface area contributed by atoms with E-state index in [0.29, 0.717) is 0 Å². The second-order valence-electron chi connectivity index (χ2n) is 16.9. The molecule has 0 saturated heterocycles. The van der Waals surface area contributed by atoms with Crippen molar-refractivity contribution < 1.29 is 4.42 Å². The third kappa shape index (κ3) is 6.12. The number of fused-ring (bicyclic) bond motifs is 9. The number of hydrogen-bond donors (Lipinski definition) is 0. The minimum Gasteiger partial charge on any atom is -0.455 e. The number of para-hydroxylation sites is 4. The lowest BCUT2D eigenvalue weighted by atomic mass is 9.96. The van der Waals surface area contributed by atoms with Gasteiger partial charge in [-0.05, 0) is 111 Å². The fraction of sp³-hybridized carbons (Fsp3) is 0. The molecule has 0 saturated carbocycles. The van der Waals surface area contributed by atoms with Gasteiger partial charge in [0.1, 0.15) is 11.2 Å². The summed E-state index contributed by atoms with van der Waals surface area (Å²) >= 11 is 0. The summed E-state index contributed by atoms with van der Waals surface area (Å²) in [5, 5.41) is 9.48. The number of nitrogens with zero attached hydrogens (tertiary/aromatic N) is 2. The van der Waals surface area contributed by atoms with E-state index in [1.807, 2.05) is 0 Å². The van der Waals surface area contributed by atoms with E-state index in [4.69, 9.17) is 4.42 Å². The fourth-order valence-corrected chi connectivity index (χ4v) is 10.1. The summed E-state index contributed by atoms with van der Waals surface area (Å²) in [6.45, 7) is 0. The van der Waals surface area contributed by atoms with Gasteiger partial charge in [0.2, 0.25) is 0 Å². The van der Waals surface area contributed by atoms with Crippen molar-refractivity contribution in [3.8, 4) is 39.1 Å². The van der Waals surface area contributed by atoms with E-state index in [-0.39, 0.29) is 0 Å². The van der Waals surface area contributed by atoms with Gasteiger partial charge in [-0.25, -0.2) is 0 Å². The van der Waals surface area contributed by atoms with E-state index in [1.54, 1.807) is 0 Å². The minimum atomic E-state index is 0.883. The molecule has 13 rings (SSSR count). The first-order chi connectivity index (χ1) is 32.2. The predicted octanol–water partition coefficient (Wildman–Crippen LogP) is 17.5. The van der Waals surface area contributed by atoms with Crippen molar-refractivity contribution in [2.45, 2.75) is 0 Å². The highest BCUT2D eigenvalue weighted by molar-refractivity contribution is 6.16. The van der Waals surface area contributed by atoms with Crippen molar-refractivity contribution in [2.75, 3.05) is 4.90 Å². The Morgan fingerprint density at radius 3 is 1.63 bits per heavy atom. The molecule has 0 N–H and O–H groups in total. The lowest BCUT2D eigenvalue weighted by molar-refractivity contribution is 0.672. The molecule has 0 fully saturated rings. The minimum absolute atomic E-state index is 0.883. The van der Waals surface area contributed by atoms with Crippen LogP contribution in [0.15, 0.2) is 247 Å². The molecular formula is C62H40N2O. The van der Waals surface area contributed by atoms with Crippen LogP contribution in [0.4, 0.5) is 17.1 Å². The highest BCUT2D eigenvalue weighted by Gasteiger charge is 2.22. The Morgan fingerprint density at radius 1 is 0.323 bits per heavy atom. The summed E-state index contributed by atoms with van der Waals surface area (Å²) in [5.41, 5.74) is 15.5. The summed E-state index contributed by atoms with van der Waals surface area (Å²) in [5.74, 6) is 0. The standard InChI is InChI=1S/C62H40N2O/c1-2-16-44-38-46(29-28-41(44)14-1)50-19-5-9-24-57(50)63(58-25-10-6-20-51(58)47-33-37-61-56(40-47)55-36-32-43-15-3-4-21-52(43)62(55)65-61)48-34-30-42(31-35-48)45-17-13-18-49(39-45)64-59-26-11-7-22-53(59)54-23-8-12-27-60(54)64/h1-40H. The third-order valence-electron chi connectivity index (χ3n) is 13.2. The first kappa shape index (κ1) is 36.9. The van der Waals surface area contributed by atoms with Crippen molar-refractivity contribution in [1.29, 1.82) is 0 Å². The first-order valence-electron chi connectivity index (χ1n) is 22.2. The van der Waals surface area contributed by atoms with E-state index in [9.17, 15) is 0 Å². The van der Waals surface area contributed by atoms with Crippen LogP contribution in [-0.4, -0.2) is 4.57 Å². The van der Waals surface area contributed by atoms with Gasteiger partial charge in [-0.2, -0.15) is 0 Å². The molecule has 11 aromatic carbocycles. The lowest BCUT2D eigenvalue weighted by Gasteiger charge is -2.30. The van der Waals surface area contributed by atoms with Gasteiger partial charge in [0, 0.05) is 49.4 Å². The number of benzene rings is 11. The van der Waals surface area contributed by atoms with E-state index < -0.39 is 0 Å². The maximum atomic E-state index is 6.57. The quantitative estimate of drug-likeness (QED) is 0.160. The van der Waals surface area contributed by atoms with E-state index in [2.05, 4.69) is 252 Å². The van der Waals surface area contributed by atoms with Crippen LogP contribution in [0.3, 0.4) is 0 Å². The van der Waals surface area contributed by atoms with Crippen LogP contribution in [0.25, 0.3) is 104 Å². The second-order valence-corrected chi connectivity index (χ2v) is 16.9. The number of furan rings is 1. The molecule has 0 unspecified atom stereocenters. The van der Waals surface area contributed by atoms with Crippen LogP contribution in [-0.2, 0) is 0 Å². The zero-order chi connectivity index (χ0) is 42.8. The van der Waals surface area contributed by atoms with Crippen LogP contribution in [0.5, 0.6) is 0 Å². The summed E-state index contributed by atoms with van der Waals surface area (Å²) in [4.78, 5) is 2.43. The molecule has 65 heavy (non-hydrogen) atoms. The zero-order valence-corrected chi connectivity index (χ0v) is 35.4. The van der Waals surface area contributed by atoms with Crippen molar-refractivity contribution in [1.82, 2.24) is 4.57 Å². The molecule has 0 spiro atoms. The van der Waals surface area contributed by atoms with Gasteiger partial charge >= 0.3 is 0 Å². The molecule has 2 heterocycles. The van der Waals surface area contributed by atoms with Gasteiger partial charge in [-0.3, -0.25) is 0 Å². The Kier molecular flexibility index (Phi) is 8.53. The first-order valence-corrected chi connectivity index (χ1v) is 22.2. The molecule has 0 aliphatic carbocycles. The highest BCUT2D eigenvalue weighted by atomic mass is 16.3. The molecule has 3 nitrogen and oxygen atoms in total. The Hall–Kier alpha value is -8.66. The van der Waals surface area contributed by atoms with Gasteiger partial charge in [-0.15, -0.1) is 0 Å². The van der Waals surface area contributed by atoms with Gasteiger partial charge in [0.05, 0.1) is 22.4 Å². The molecule has 0 radical (unpaired) electrons. The maximum Gasteiger partial charge on any atom is 0.143 e. The number of aromatic nitrogens is 1. The molecule has 3 heteroatoms. The SMILES string of the molecule is c1cc(-c2ccc(N(c3ccccc3-c3ccc4ccccc4c3)c3ccccc3-c3ccc4oc5c6ccccc6ccc5c4c3)cc2)cc(-n2c3ccccc3c3ccccc32)c1. The smallest absolute Gasteiger partial charge is 0.143 e.